The number of hydrogen-bond acceptors (Lipinski definition) is 3. The molecule has 2 unspecified atom stereocenters. The van der Waals surface area contributed by atoms with Gasteiger partial charge in [-0.15, -0.1) is 0 Å². The highest BCUT2D eigenvalue weighted by atomic mass is 35.5. The molecule has 0 aliphatic heterocycles. The predicted octanol–water partition coefficient (Wildman–Crippen LogP) is 2.86. The lowest BCUT2D eigenvalue weighted by Gasteiger charge is -2.20. The summed E-state index contributed by atoms with van der Waals surface area (Å²) in [5.41, 5.74) is 3.87. The van der Waals surface area contributed by atoms with Crippen molar-refractivity contribution in [3.8, 4) is 0 Å². The number of amides is 1. The molecular formula is C18H24ClN3O2. The fourth-order valence-corrected chi connectivity index (χ4v) is 2.90. The van der Waals surface area contributed by atoms with Gasteiger partial charge in [0.15, 0.2) is 0 Å². The van der Waals surface area contributed by atoms with E-state index in [9.17, 15) is 9.90 Å². The Morgan fingerprint density at radius 1 is 1.33 bits per heavy atom. The van der Waals surface area contributed by atoms with Crippen LogP contribution in [0.5, 0.6) is 0 Å². The SMILES string of the molecule is Cc1nn(C)c(C)c1CCC(=O)NC(C)C(O)c1ccc(Cl)cc1. The molecule has 2 aromatic rings. The number of halogens is 1. The quantitative estimate of drug-likeness (QED) is 0.842. The monoisotopic (exact) mass is 349 g/mol. The van der Waals surface area contributed by atoms with E-state index < -0.39 is 6.10 Å². The third kappa shape index (κ3) is 4.36. The molecule has 6 heteroatoms. The van der Waals surface area contributed by atoms with Crippen LogP contribution >= 0.6 is 11.6 Å². The summed E-state index contributed by atoms with van der Waals surface area (Å²) >= 11 is 5.85. The molecule has 0 aliphatic rings. The number of aliphatic hydroxyl groups excluding tert-OH is 1. The number of nitrogens with zero attached hydrogens (tertiary/aromatic N) is 2. The Bertz CT molecular complexity index is 710. The van der Waals surface area contributed by atoms with Crippen LogP contribution in [0, 0.1) is 13.8 Å². The molecule has 1 heterocycles. The summed E-state index contributed by atoms with van der Waals surface area (Å²) in [6, 6.07) is 6.59. The largest absolute Gasteiger partial charge is 0.386 e. The van der Waals surface area contributed by atoms with E-state index in [0.29, 0.717) is 17.9 Å². The van der Waals surface area contributed by atoms with Crippen LogP contribution in [0.1, 0.15) is 42.0 Å². The lowest BCUT2D eigenvalue weighted by atomic mass is 10.0. The van der Waals surface area contributed by atoms with Crippen molar-refractivity contribution in [3.63, 3.8) is 0 Å². The summed E-state index contributed by atoms with van der Waals surface area (Å²) in [5.74, 6) is -0.0850. The minimum atomic E-state index is -0.770. The van der Waals surface area contributed by atoms with Crippen molar-refractivity contribution in [1.29, 1.82) is 0 Å². The van der Waals surface area contributed by atoms with Gasteiger partial charge in [-0.1, -0.05) is 23.7 Å². The van der Waals surface area contributed by atoms with Crippen LogP contribution in [0.3, 0.4) is 0 Å². The zero-order chi connectivity index (χ0) is 17.9. The minimum Gasteiger partial charge on any atom is -0.386 e. The Kier molecular flexibility index (Phi) is 6.02. The van der Waals surface area contributed by atoms with E-state index in [2.05, 4.69) is 10.4 Å². The standard InChI is InChI=1S/C18H24ClN3O2/c1-11-16(13(3)22(4)21-11)9-10-17(23)20-12(2)18(24)14-5-7-15(19)8-6-14/h5-8,12,18,24H,9-10H2,1-4H3,(H,20,23). The van der Waals surface area contributed by atoms with E-state index >= 15 is 0 Å². The molecule has 2 atom stereocenters. The molecule has 2 rings (SSSR count). The van der Waals surface area contributed by atoms with Gasteiger partial charge in [0.1, 0.15) is 0 Å². The first-order chi connectivity index (χ1) is 11.3. The number of aliphatic hydroxyl groups is 1. The normalized spacial score (nSPS) is 13.6. The third-order valence-electron chi connectivity index (χ3n) is 4.33. The highest BCUT2D eigenvalue weighted by Gasteiger charge is 2.19. The number of nitrogens with one attached hydrogen (secondary N) is 1. The van der Waals surface area contributed by atoms with E-state index in [4.69, 9.17) is 11.6 Å². The van der Waals surface area contributed by atoms with Crippen molar-refractivity contribution < 1.29 is 9.90 Å². The van der Waals surface area contributed by atoms with Gasteiger partial charge in [-0.3, -0.25) is 9.48 Å². The Hall–Kier alpha value is -1.85. The maximum Gasteiger partial charge on any atom is 0.220 e. The molecule has 1 aromatic heterocycles. The molecular weight excluding hydrogens is 326 g/mol. The summed E-state index contributed by atoms with van der Waals surface area (Å²) in [6.07, 6.45) is 0.236. The lowest BCUT2D eigenvalue weighted by Crippen LogP contribution is -2.37. The summed E-state index contributed by atoms with van der Waals surface area (Å²) < 4.78 is 1.83. The molecule has 1 amide bonds. The highest BCUT2D eigenvalue weighted by molar-refractivity contribution is 6.30. The molecule has 0 aliphatic carbocycles. The van der Waals surface area contributed by atoms with Crippen molar-refractivity contribution in [2.75, 3.05) is 0 Å². The van der Waals surface area contributed by atoms with Gasteiger partial charge in [0.25, 0.3) is 0 Å². The van der Waals surface area contributed by atoms with Gasteiger partial charge in [-0.05, 0) is 50.5 Å². The van der Waals surface area contributed by atoms with E-state index in [1.54, 1.807) is 31.2 Å². The average molecular weight is 350 g/mol. The summed E-state index contributed by atoms with van der Waals surface area (Å²) in [4.78, 5) is 12.2. The second kappa shape index (κ2) is 7.81. The van der Waals surface area contributed by atoms with Crippen LogP contribution in [0.2, 0.25) is 5.02 Å². The van der Waals surface area contributed by atoms with Gasteiger partial charge in [0, 0.05) is 24.2 Å². The van der Waals surface area contributed by atoms with Crippen LogP contribution in [-0.2, 0) is 18.3 Å². The minimum absolute atomic E-state index is 0.0850. The molecule has 0 bridgehead atoms. The molecule has 24 heavy (non-hydrogen) atoms. The first kappa shape index (κ1) is 18.5. The van der Waals surface area contributed by atoms with Gasteiger partial charge in [0.2, 0.25) is 5.91 Å². The molecule has 0 saturated carbocycles. The molecule has 130 valence electrons. The topological polar surface area (TPSA) is 67.2 Å². The maximum absolute atomic E-state index is 12.2. The average Bonchev–Trinajstić information content (AvgIpc) is 2.78. The molecule has 0 saturated heterocycles. The van der Waals surface area contributed by atoms with E-state index in [0.717, 1.165) is 22.5 Å². The van der Waals surface area contributed by atoms with Crippen LogP contribution < -0.4 is 5.32 Å². The lowest BCUT2D eigenvalue weighted by molar-refractivity contribution is -0.122. The number of aryl methyl sites for hydroxylation is 2. The molecule has 1 aromatic carbocycles. The third-order valence-corrected chi connectivity index (χ3v) is 4.59. The van der Waals surface area contributed by atoms with Gasteiger partial charge in [0.05, 0.1) is 17.8 Å². The van der Waals surface area contributed by atoms with Crippen LogP contribution in [-0.4, -0.2) is 26.8 Å². The number of carbonyl (C=O) groups is 1. The van der Waals surface area contributed by atoms with Crippen LogP contribution in [0.25, 0.3) is 0 Å². The van der Waals surface area contributed by atoms with E-state index in [-0.39, 0.29) is 11.9 Å². The second-order valence-corrected chi connectivity index (χ2v) is 6.56. The molecule has 5 nitrogen and oxygen atoms in total. The first-order valence-electron chi connectivity index (χ1n) is 8.01. The van der Waals surface area contributed by atoms with Crippen molar-refractivity contribution in [2.24, 2.45) is 7.05 Å². The van der Waals surface area contributed by atoms with Crippen LogP contribution in [0.15, 0.2) is 24.3 Å². The van der Waals surface area contributed by atoms with Gasteiger partial charge in [-0.2, -0.15) is 5.10 Å². The van der Waals surface area contributed by atoms with Gasteiger partial charge in [-0.25, -0.2) is 0 Å². The van der Waals surface area contributed by atoms with Crippen LogP contribution in [0.4, 0.5) is 0 Å². The molecule has 0 spiro atoms. The predicted molar refractivity (Wildman–Crippen MR) is 95.0 cm³/mol. The highest BCUT2D eigenvalue weighted by Crippen LogP contribution is 2.19. The Balaban J connectivity index is 1.90. The Morgan fingerprint density at radius 2 is 1.96 bits per heavy atom. The molecule has 0 fully saturated rings. The summed E-state index contributed by atoms with van der Waals surface area (Å²) in [5, 5.41) is 18.2. The van der Waals surface area contributed by atoms with Crippen molar-refractivity contribution in [3.05, 3.63) is 51.8 Å². The first-order valence-corrected chi connectivity index (χ1v) is 8.39. The van der Waals surface area contributed by atoms with Crippen molar-refractivity contribution in [2.45, 2.75) is 45.8 Å². The molecule has 0 radical (unpaired) electrons. The Labute approximate surface area is 147 Å². The zero-order valence-corrected chi connectivity index (χ0v) is 15.3. The second-order valence-electron chi connectivity index (χ2n) is 6.13. The summed E-state index contributed by atoms with van der Waals surface area (Å²) in [6.45, 7) is 5.74. The van der Waals surface area contributed by atoms with Gasteiger partial charge < -0.3 is 10.4 Å². The van der Waals surface area contributed by atoms with Gasteiger partial charge >= 0.3 is 0 Å². The number of benzene rings is 1. The van der Waals surface area contributed by atoms with Crippen molar-refractivity contribution >= 4 is 17.5 Å². The number of rotatable bonds is 6. The number of hydrogen-bond donors (Lipinski definition) is 2. The summed E-state index contributed by atoms with van der Waals surface area (Å²) in [7, 11) is 1.90. The Morgan fingerprint density at radius 3 is 2.50 bits per heavy atom. The smallest absolute Gasteiger partial charge is 0.220 e. The number of carbonyl (C=O) groups excluding carboxylic acids is 1. The molecule has 2 N–H and O–H groups in total. The van der Waals surface area contributed by atoms with E-state index in [1.165, 1.54) is 0 Å². The fourth-order valence-electron chi connectivity index (χ4n) is 2.77. The number of aromatic nitrogens is 2. The van der Waals surface area contributed by atoms with Crippen molar-refractivity contribution in [1.82, 2.24) is 15.1 Å². The fraction of sp³-hybridized carbons (Fsp3) is 0.444. The maximum atomic E-state index is 12.2. The zero-order valence-electron chi connectivity index (χ0n) is 14.5. The van der Waals surface area contributed by atoms with E-state index in [1.807, 2.05) is 25.6 Å².